The summed E-state index contributed by atoms with van der Waals surface area (Å²) in [6.45, 7) is 6.28. The summed E-state index contributed by atoms with van der Waals surface area (Å²) in [7, 11) is 0. The van der Waals surface area contributed by atoms with E-state index in [0.29, 0.717) is 5.75 Å². The van der Waals surface area contributed by atoms with Gasteiger partial charge in [0, 0.05) is 17.2 Å². The Bertz CT molecular complexity index is 236. The van der Waals surface area contributed by atoms with Crippen molar-refractivity contribution in [2.75, 3.05) is 0 Å². The highest BCUT2D eigenvalue weighted by atomic mass is 32.1. The van der Waals surface area contributed by atoms with Crippen molar-refractivity contribution in [3.63, 3.8) is 0 Å². The van der Waals surface area contributed by atoms with Crippen LogP contribution in [0.3, 0.4) is 0 Å². The first kappa shape index (κ1) is 8.65. The first-order valence-corrected chi connectivity index (χ1v) is 4.24. The van der Waals surface area contributed by atoms with E-state index in [-0.39, 0.29) is 5.41 Å². The zero-order chi connectivity index (χ0) is 8.48. The van der Waals surface area contributed by atoms with Crippen molar-refractivity contribution in [1.82, 2.24) is 5.16 Å². The van der Waals surface area contributed by atoms with Gasteiger partial charge in [0.1, 0.15) is 5.76 Å². The monoisotopic (exact) mass is 171 g/mol. The summed E-state index contributed by atoms with van der Waals surface area (Å²) in [6.07, 6.45) is 0. The van der Waals surface area contributed by atoms with Gasteiger partial charge in [0.15, 0.2) is 0 Å². The topological polar surface area (TPSA) is 26.0 Å². The van der Waals surface area contributed by atoms with E-state index < -0.39 is 0 Å². The van der Waals surface area contributed by atoms with Crippen LogP contribution in [0.25, 0.3) is 0 Å². The molecule has 0 aliphatic rings. The summed E-state index contributed by atoms with van der Waals surface area (Å²) in [5.74, 6) is 1.56. The molecule has 1 aromatic rings. The fourth-order valence-electron chi connectivity index (χ4n) is 0.740. The van der Waals surface area contributed by atoms with Crippen LogP contribution in [-0.2, 0) is 11.2 Å². The molecule has 0 atom stereocenters. The average molecular weight is 171 g/mol. The summed E-state index contributed by atoms with van der Waals surface area (Å²) in [5, 5.41) is 3.85. The van der Waals surface area contributed by atoms with Gasteiger partial charge in [0.05, 0.1) is 5.69 Å². The summed E-state index contributed by atoms with van der Waals surface area (Å²) < 4.78 is 5.12. The van der Waals surface area contributed by atoms with E-state index >= 15 is 0 Å². The van der Waals surface area contributed by atoms with Crippen molar-refractivity contribution in [3.8, 4) is 0 Å². The van der Waals surface area contributed by atoms with Crippen molar-refractivity contribution >= 4 is 12.6 Å². The van der Waals surface area contributed by atoms with Crippen molar-refractivity contribution < 1.29 is 4.52 Å². The second-order valence-corrected chi connectivity index (χ2v) is 3.91. The maximum atomic E-state index is 5.12. The lowest BCUT2D eigenvalue weighted by molar-refractivity contribution is 0.327. The van der Waals surface area contributed by atoms with Crippen LogP contribution in [-0.4, -0.2) is 5.16 Å². The standard InChI is InChI=1S/C8H13NOS/c1-8(2,3)7-4-6(5-11)9-10-7/h4,11H,5H2,1-3H3. The normalized spacial score (nSPS) is 12.0. The van der Waals surface area contributed by atoms with Gasteiger partial charge in [0.2, 0.25) is 0 Å². The number of nitrogens with zero attached hydrogens (tertiary/aromatic N) is 1. The van der Waals surface area contributed by atoms with Crippen LogP contribution in [0.4, 0.5) is 0 Å². The van der Waals surface area contributed by atoms with Crippen LogP contribution in [0, 0.1) is 0 Å². The molecule has 0 fully saturated rings. The Morgan fingerprint density at radius 3 is 2.45 bits per heavy atom. The Morgan fingerprint density at radius 2 is 2.18 bits per heavy atom. The Kier molecular flexibility index (Phi) is 2.28. The molecule has 2 nitrogen and oxygen atoms in total. The van der Waals surface area contributed by atoms with Gasteiger partial charge in [-0.15, -0.1) is 0 Å². The molecule has 11 heavy (non-hydrogen) atoms. The highest BCUT2D eigenvalue weighted by Gasteiger charge is 2.18. The van der Waals surface area contributed by atoms with Gasteiger partial charge >= 0.3 is 0 Å². The first-order chi connectivity index (χ1) is 5.04. The van der Waals surface area contributed by atoms with Crippen LogP contribution < -0.4 is 0 Å². The fourth-order valence-corrected chi connectivity index (χ4v) is 0.889. The molecule has 0 saturated carbocycles. The molecule has 1 aromatic heterocycles. The molecule has 0 N–H and O–H groups in total. The summed E-state index contributed by atoms with van der Waals surface area (Å²) >= 11 is 4.10. The molecule has 0 spiro atoms. The van der Waals surface area contributed by atoms with Crippen molar-refractivity contribution in [3.05, 3.63) is 17.5 Å². The molecule has 3 heteroatoms. The lowest BCUT2D eigenvalue weighted by Crippen LogP contribution is -2.09. The average Bonchev–Trinajstić information content (AvgIpc) is 2.32. The molecule has 0 amide bonds. The second-order valence-electron chi connectivity index (χ2n) is 3.59. The summed E-state index contributed by atoms with van der Waals surface area (Å²) in [4.78, 5) is 0. The van der Waals surface area contributed by atoms with Gasteiger partial charge in [-0.3, -0.25) is 0 Å². The number of aromatic nitrogens is 1. The minimum atomic E-state index is 0.0498. The Labute approximate surface area is 72.4 Å². The maximum Gasteiger partial charge on any atom is 0.142 e. The van der Waals surface area contributed by atoms with Gasteiger partial charge in [-0.1, -0.05) is 25.9 Å². The third-order valence-electron chi connectivity index (χ3n) is 1.46. The summed E-state index contributed by atoms with van der Waals surface area (Å²) in [5.41, 5.74) is 0.951. The molecular weight excluding hydrogens is 158 g/mol. The van der Waals surface area contributed by atoms with Gasteiger partial charge < -0.3 is 4.52 Å². The predicted molar refractivity (Wildman–Crippen MR) is 47.9 cm³/mol. The van der Waals surface area contributed by atoms with E-state index in [2.05, 4.69) is 38.6 Å². The largest absolute Gasteiger partial charge is 0.361 e. The molecule has 0 aliphatic carbocycles. The molecule has 0 unspecified atom stereocenters. The number of thiol groups is 1. The third kappa shape index (κ3) is 1.99. The van der Waals surface area contributed by atoms with E-state index in [4.69, 9.17) is 4.52 Å². The van der Waals surface area contributed by atoms with Crippen molar-refractivity contribution in [2.45, 2.75) is 31.9 Å². The molecule has 0 bridgehead atoms. The molecule has 1 rings (SSSR count). The third-order valence-corrected chi connectivity index (χ3v) is 1.78. The van der Waals surface area contributed by atoms with Crippen molar-refractivity contribution in [1.29, 1.82) is 0 Å². The van der Waals surface area contributed by atoms with E-state index in [9.17, 15) is 0 Å². The smallest absolute Gasteiger partial charge is 0.142 e. The zero-order valence-electron chi connectivity index (χ0n) is 7.09. The van der Waals surface area contributed by atoms with Crippen LogP contribution in [0.15, 0.2) is 10.6 Å². The van der Waals surface area contributed by atoms with Gasteiger partial charge in [-0.2, -0.15) is 12.6 Å². The Hall–Kier alpha value is -0.440. The molecule has 0 saturated heterocycles. The lowest BCUT2D eigenvalue weighted by Gasteiger charge is -2.12. The second kappa shape index (κ2) is 2.89. The van der Waals surface area contributed by atoms with Crippen LogP contribution in [0.1, 0.15) is 32.2 Å². The Balaban J connectivity index is 2.89. The van der Waals surface area contributed by atoms with E-state index in [0.717, 1.165) is 11.5 Å². The van der Waals surface area contributed by atoms with E-state index in [1.807, 2.05) is 6.07 Å². The number of hydrogen-bond acceptors (Lipinski definition) is 3. The van der Waals surface area contributed by atoms with Crippen molar-refractivity contribution in [2.24, 2.45) is 0 Å². The fraction of sp³-hybridized carbons (Fsp3) is 0.625. The van der Waals surface area contributed by atoms with Crippen LogP contribution >= 0.6 is 12.6 Å². The van der Waals surface area contributed by atoms with Crippen LogP contribution in [0.5, 0.6) is 0 Å². The predicted octanol–water partition coefficient (Wildman–Crippen LogP) is 2.40. The number of hydrogen-bond donors (Lipinski definition) is 1. The minimum Gasteiger partial charge on any atom is -0.361 e. The quantitative estimate of drug-likeness (QED) is 0.657. The maximum absolute atomic E-state index is 5.12. The molecule has 0 aromatic carbocycles. The molecule has 0 radical (unpaired) electrons. The molecule has 1 heterocycles. The zero-order valence-corrected chi connectivity index (χ0v) is 7.98. The van der Waals surface area contributed by atoms with Crippen LogP contribution in [0.2, 0.25) is 0 Å². The lowest BCUT2D eigenvalue weighted by atomic mass is 9.93. The molecule has 0 aliphatic heterocycles. The molecule has 62 valence electrons. The van der Waals surface area contributed by atoms with E-state index in [1.54, 1.807) is 0 Å². The highest BCUT2D eigenvalue weighted by molar-refractivity contribution is 7.79. The Morgan fingerprint density at radius 1 is 1.55 bits per heavy atom. The number of rotatable bonds is 1. The SMILES string of the molecule is CC(C)(C)c1cc(CS)no1. The van der Waals surface area contributed by atoms with Gasteiger partial charge in [-0.25, -0.2) is 0 Å². The highest BCUT2D eigenvalue weighted by Crippen LogP contribution is 2.22. The van der Waals surface area contributed by atoms with Gasteiger partial charge in [0.25, 0.3) is 0 Å². The minimum absolute atomic E-state index is 0.0498. The van der Waals surface area contributed by atoms with E-state index in [1.165, 1.54) is 0 Å². The van der Waals surface area contributed by atoms with Gasteiger partial charge in [-0.05, 0) is 0 Å². The summed E-state index contributed by atoms with van der Waals surface area (Å²) in [6, 6.07) is 1.95. The first-order valence-electron chi connectivity index (χ1n) is 3.61. The molecular formula is C8H13NOS.